The minimum atomic E-state index is -4.19. The third-order valence-electron chi connectivity index (χ3n) is 9.77. The number of ether oxygens (including phenoxy) is 5. The standard InChI is InChI=1S/C23H21ClN2O6S.C21H19ClN2O4S/c1-30-21-5-3-4-16(14-21)22-15-25(23(27)31-2)33(28,29)26(22)18-8-12-20(13-9-18)32-19-10-6-17(24)7-11-19;1-27-20-4-2-3-15(13-20)21-14-23-29(25,26)24(21)17-7-11-19(12-8-17)28-18-9-5-16(22)6-10-18/h3-14,22H,15H2,1-2H3;2-13,21,23H,14H2,1H3/t22-;21-/m11/s1. The topological polar surface area (TPSA) is 153 Å². The molecule has 2 saturated heterocycles. The highest BCUT2D eigenvalue weighted by molar-refractivity contribution is 7.91. The van der Waals surface area contributed by atoms with Crippen molar-refractivity contribution in [3.8, 4) is 34.5 Å². The van der Waals surface area contributed by atoms with Crippen LogP contribution in [0.3, 0.4) is 0 Å². The van der Waals surface area contributed by atoms with Crippen molar-refractivity contribution in [2.75, 3.05) is 43.0 Å². The minimum Gasteiger partial charge on any atom is -0.497 e. The van der Waals surface area contributed by atoms with Crippen molar-refractivity contribution in [2.24, 2.45) is 0 Å². The lowest BCUT2D eigenvalue weighted by atomic mass is 10.1. The van der Waals surface area contributed by atoms with E-state index < -0.39 is 32.6 Å². The normalized spacial score (nSPS) is 17.4. The fourth-order valence-corrected chi connectivity index (χ4v) is 10.2. The molecule has 2 aliphatic rings. The molecule has 322 valence electrons. The average molecular weight is 920 g/mol. The molecule has 2 atom stereocenters. The highest BCUT2D eigenvalue weighted by Crippen LogP contribution is 2.41. The number of nitrogens with zero attached hydrogens (tertiary/aromatic N) is 3. The Labute approximate surface area is 370 Å². The molecule has 0 aromatic heterocycles. The Kier molecular flexibility index (Phi) is 13.3. The van der Waals surface area contributed by atoms with Crippen LogP contribution < -0.4 is 32.3 Å². The van der Waals surface area contributed by atoms with Crippen LogP contribution >= 0.6 is 23.2 Å². The lowest BCUT2D eigenvalue weighted by Crippen LogP contribution is -2.37. The molecule has 1 N–H and O–H groups in total. The van der Waals surface area contributed by atoms with E-state index in [-0.39, 0.29) is 19.1 Å². The van der Waals surface area contributed by atoms with E-state index in [1.54, 1.807) is 128 Å². The first-order valence-corrected chi connectivity index (χ1v) is 22.4. The van der Waals surface area contributed by atoms with E-state index in [4.69, 9.17) is 46.9 Å². The van der Waals surface area contributed by atoms with Gasteiger partial charge in [-0.1, -0.05) is 47.5 Å². The number of halogens is 2. The Morgan fingerprint density at radius 2 is 0.984 bits per heavy atom. The second kappa shape index (κ2) is 18.8. The molecule has 2 heterocycles. The van der Waals surface area contributed by atoms with Gasteiger partial charge in [0.2, 0.25) is 0 Å². The summed E-state index contributed by atoms with van der Waals surface area (Å²) in [5.74, 6) is 3.60. The monoisotopic (exact) mass is 918 g/mol. The van der Waals surface area contributed by atoms with Gasteiger partial charge >= 0.3 is 26.5 Å². The quantitative estimate of drug-likeness (QED) is 0.141. The zero-order chi connectivity index (χ0) is 44.0. The van der Waals surface area contributed by atoms with Crippen LogP contribution in [0.4, 0.5) is 16.2 Å². The van der Waals surface area contributed by atoms with Crippen LogP contribution in [0, 0.1) is 0 Å². The first-order valence-electron chi connectivity index (χ1n) is 18.8. The number of carbonyl (C=O) groups excluding carboxylic acids is 1. The Morgan fingerprint density at radius 3 is 1.42 bits per heavy atom. The molecule has 14 nitrogen and oxygen atoms in total. The fraction of sp³-hybridized carbons (Fsp3) is 0.159. The molecule has 2 fully saturated rings. The summed E-state index contributed by atoms with van der Waals surface area (Å²) < 4.78 is 84.7. The number of anilines is 2. The van der Waals surface area contributed by atoms with Crippen molar-refractivity contribution in [2.45, 2.75) is 12.1 Å². The van der Waals surface area contributed by atoms with Gasteiger partial charge in [0.05, 0.1) is 51.3 Å². The van der Waals surface area contributed by atoms with Gasteiger partial charge in [-0.2, -0.15) is 25.9 Å². The largest absolute Gasteiger partial charge is 0.497 e. The molecule has 6 aromatic carbocycles. The van der Waals surface area contributed by atoms with Crippen LogP contribution in [-0.4, -0.2) is 61.7 Å². The summed E-state index contributed by atoms with van der Waals surface area (Å²) in [4.78, 5) is 12.2. The van der Waals surface area contributed by atoms with Gasteiger partial charge in [0.25, 0.3) is 0 Å². The Bertz CT molecular complexity index is 2730. The summed E-state index contributed by atoms with van der Waals surface area (Å²) in [7, 11) is -3.58. The number of amides is 1. The molecule has 1 amide bonds. The minimum absolute atomic E-state index is 0.106. The summed E-state index contributed by atoms with van der Waals surface area (Å²) in [5.41, 5.74) is 2.44. The first-order chi connectivity index (χ1) is 29.8. The molecule has 0 saturated carbocycles. The van der Waals surface area contributed by atoms with Gasteiger partial charge in [0.1, 0.15) is 34.5 Å². The summed E-state index contributed by atoms with van der Waals surface area (Å²) in [6.45, 7) is 0.170. The molecule has 6 aromatic rings. The van der Waals surface area contributed by atoms with Gasteiger partial charge in [-0.05, 0) is 132 Å². The van der Waals surface area contributed by atoms with Crippen LogP contribution in [0.1, 0.15) is 23.2 Å². The predicted molar refractivity (Wildman–Crippen MR) is 237 cm³/mol. The van der Waals surface area contributed by atoms with Gasteiger partial charge in [-0.3, -0.25) is 0 Å². The van der Waals surface area contributed by atoms with Gasteiger partial charge in [0.15, 0.2) is 0 Å². The van der Waals surface area contributed by atoms with Gasteiger partial charge < -0.3 is 23.7 Å². The van der Waals surface area contributed by atoms with E-state index in [0.29, 0.717) is 61.5 Å². The molecule has 0 bridgehead atoms. The van der Waals surface area contributed by atoms with Crippen molar-refractivity contribution >= 4 is 61.1 Å². The zero-order valence-electron chi connectivity index (χ0n) is 33.4. The third-order valence-corrected chi connectivity index (χ3v) is 13.6. The van der Waals surface area contributed by atoms with E-state index in [1.165, 1.54) is 15.7 Å². The fourth-order valence-electron chi connectivity index (χ4n) is 6.79. The lowest BCUT2D eigenvalue weighted by Gasteiger charge is -2.24. The molecule has 0 unspecified atom stereocenters. The Hall–Kier alpha value is -6.17. The summed E-state index contributed by atoms with van der Waals surface area (Å²) in [6, 6.07) is 40.8. The van der Waals surface area contributed by atoms with Gasteiger partial charge in [-0.15, -0.1) is 0 Å². The number of methoxy groups -OCH3 is 3. The SMILES string of the molecule is COC(=O)N1C[C@H](c2cccc(OC)c2)N(c2ccc(Oc3ccc(Cl)cc3)cc2)S1(=O)=O.COc1cccc([C@H]2CNS(=O)(=O)N2c2ccc(Oc3ccc(Cl)cc3)cc2)c1. The smallest absolute Gasteiger partial charge is 0.424 e. The van der Waals surface area contributed by atoms with Crippen molar-refractivity contribution in [1.82, 2.24) is 9.03 Å². The number of carbonyl (C=O) groups is 1. The average Bonchev–Trinajstić information content (AvgIpc) is 3.76. The summed E-state index contributed by atoms with van der Waals surface area (Å²) in [5, 5.41) is 1.22. The maximum atomic E-state index is 13.3. The molecule has 0 radical (unpaired) electrons. The van der Waals surface area contributed by atoms with Crippen molar-refractivity contribution in [3.05, 3.63) is 167 Å². The molecule has 0 aliphatic carbocycles. The number of nitrogens with one attached hydrogen (secondary N) is 1. The summed E-state index contributed by atoms with van der Waals surface area (Å²) in [6.07, 6.45) is -0.951. The van der Waals surface area contributed by atoms with Crippen molar-refractivity contribution < 1.29 is 45.3 Å². The maximum Gasteiger partial charge on any atom is 0.424 e. The van der Waals surface area contributed by atoms with E-state index in [9.17, 15) is 21.6 Å². The molecule has 0 spiro atoms. The second-order valence-electron chi connectivity index (χ2n) is 13.6. The maximum absolute atomic E-state index is 13.3. The van der Waals surface area contributed by atoms with E-state index in [0.717, 1.165) is 17.0 Å². The van der Waals surface area contributed by atoms with Crippen LogP contribution in [0.5, 0.6) is 34.5 Å². The second-order valence-corrected chi connectivity index (χ2v) is 17.9. The predicted octanol–water partition coefficient (Wildman–Crippen LogP) is 9.55. The van der Waals surface area contributed by atoms with E-state index in [2.05, 4.69) is 4.72 Å². The summed E-state index contributed by atoms with van der Waals surface area (Å²) >= 11 is 11.8. The number of hydrogen-bond donors (Lipinski definition) is 1. The van der Waals surface area contributed by atoms with Crippen LogP contribution in [0.25, 0.3) is 0 Å². The molecule has 18 heteroatoms. The number of benzene rings is 6. The number of rotatable bonds is 10. The third kappa shape index (κ3) is 9.80. The van der Waals surface area contributed by atoms with Crippen LogP contribution in [0.15, 0.2) is 146 Å². The van der Waals surface area contributed by atoms with Gasteiger partial charge in [0, 0.05) is 16.6 Å². The van der Waals surface area contributed by atoms with Crippen molar-refractivity contribution in [3.63, 3.8) is 0 Å². The molecule has 8 rings (SSSR count). The molecule has 62 heavy (non-hydrogen) atoms. The lowest BCUT2D eigenvalue weighted by molar-refractivity contribution is 0.150. The van der Waals surface area contributed by atoms with Gasteiger partial charge in [-0.25, -0.2) is 13.4 Å². The van der Waals surface area contributed by atoms with E-state index in [1.807, 2.05) is 24.3 Å². The highest BCUT2D eigenvalue weighted by Gasteiger charge is 2.48. The highest BCUT2D eigenvalue weighted by atomic mass is 35.5. The molecular formula is C44H40Cl2N4O10S2. The molecule has 2 aliphatic heterocycles. The zero-order valence-corrected chi connectivity index (χ0v) is 36.6. The first kappa shape index (κ1) is 43.9. The van der Waals surface area contributed by atoms with E-state index >= 15 is 0 Å². The number of hydrogen-bond acceptors (Lipinski definition) is 10. The van der Waals surface area contributed by atoms with Crippen molar-refractivity contribution in [1.29, 1.82) is 0 Å². The van der Waals surface area contributed by atoms with Crippen LogP contribution in [-0.2, 0) is 25.2 Å². The Morgan fingerprint density at radius 1 is 0.565 bits per heavy atom. The molecular weight excluding hydrogens is 880 g/mol. The Balaban J connectivity index is 0.000000188. The van der Waals surface area contributed by atoms with Crippen LogP contribution in [0.2, 0.25) is 10.0 Å².